The Morgan fingerprint density at radius 2 is 2.46 bits per heavy atom. The van der Waals surface area contributed by atoms with Crippen LogP contribution < -0.4 is 0 Å². The Hall–Kier alpha value is -0.760. The molecule has 1 aliphatic heterocycles. The lowest BCUT2D eigenvalue weighted by atomic mass is 9.89. The van der Waals surface area contributed by atoms with Gasteiger partial charge < -0.3 is 4.74 Å². The van der Waals surface area contributed by atoms with E-state index >= 15 is 0 Å². The minimum absolute atomic E-state index is 0.000463. The second kappa shape index (κ2) is 4.47. The number of hydrogen-bond donors (Lipinski definition) is 0. The van der Waals surface area contributed by atoms with E-state index < -0.39 is 0 Å². The summed E-state index contributed by atoms with van der Waals surface area (Å²) in [6.45, 7) is 5.52. The average Bonchev–Trinajstić information content (AvgIpc) is 2.13. The summed E-state index contributed by atoms with van der Waals surface area (Å²) < 4.78 is 4.99. The standard InChI is InChI=1S/C10H13ClO2/c1-3-4-8-9(13-10(8)12)5-7(2)6-11/h3,6,8-9H,1,4-5H2,2H3/t8-,9-/m0/s1. The Labute approximate surface area is 83.2 Å². The smallest absolute Gasteiger partial charge is 0.313 e. The highest BCUT2D eigenvalue weighted by Gasteiger charge is 2.40. The molecule has 0 saturated carbocycles. The van der Waals surface area contributed by atoms with Gasteiger partial charge >= 0.3 is 5.97 Å². The molecular weight excluding hydrogens is 188 g/mol. The summed E-state index contributed by atoms with van der Waals surface area (Å²) in [6.07, 6.45) is 3.17. The normalized spacial score (nSPS) is 27.8. The fourth-order valence-electron chi connectivity index (χ4n) is 1.37. The molecule has 0 N–H and O–H groups in total. The van der Waals surface area contributed by atoms with Gasteiger partial charge in [0.2, 0.25) is 0 Å². The molecule has 0 aromatic heterocycles. The van der Waals surface area contributed by atoms with Gasteiger partial charge in [-0.3, -0.25) is 4.79 Å². The summed E-state index contributed by atoms with van der Waals surface area (Å²) in [5, 5.41) is 0. The Kier molecular flexibility index (Phi) is 3.55. The van der Waals surface area contributed by atoms with Crippen molar-refractivity contribution in [1.29, 1.82) is 0 Å². The maximum Gasteiger partial charge on any atom is 0.313 e. The van der Waals surface area contributed by atoms with Crippen molar-refractivity contribution in [2.75, 3.05) is 0 Å². The summed E-state index contributed by atoms with van der Waals surface area (Å²) >= 11 is 5.52. The van der Waals surface area contributed by atoms with Crippen LogP contribution in [0.5, 0.6) is 0 Å². The van der Waals surface area contributed by atoms with E-state index in [9.17, 15) is 4.79 Å². The molecule has 72 valence electrons. The summed E-state index contributed by atoms with van der Waals surface area (Å²) in [5.74, 6) is -0.128. The molecule has 13 heavy (non-hydrogen) atoms. The molecular formula is C10H13ClO2. The van der Waals surface area contributed by atoms with E-state index in [1.165, 1.54) is 5.54 Å². The first kappa shape index (κ1) is 10.3. The molecule has 0 spiro atoms. The van der Waals surface area contributed by atoms with Crippen molar-refractivity contribution in [3.63, 3.8) is 0 Å². The van der Waals surface area contributed by atoms with Crippen LogP contribution in [0.25, 0.3) is 0 Å². The number of ether oxygens (including phenoxy) is 1. The van der Waals surface area contributed by atoms with Crippen LogP contribution in [0.2, 0.25) is 0 Å². The molecule has 0 aromatic carbocycles. The molecule has 1 saturated heterocycles. The van der Waals surface area contributed by atoms with Crippen LogP contribution >= 0.6 is 11.6 Å². The van der Waals surface area contributed by atoms with Crippen LogP contribution in [-0.4, -0.2) is 12.1 Å². The second-order valence-corrected chi connectivity index (χ2v) is 3.48. The highest BCUT2D eigenvalue weighted by Crippen LogP contribution is 2.30. The maximum atomic E-state index is 11.0. The number of halogens is 1. The number of esters is 1. The molecule has 0 amide bonds. The van der Waals surface area contributed by atoms with E-state index in [1.807, 2.05) is 6.92 Å². The monoisotopic (exact) mass is 200 g/mol. The van der Waals surface area contributed by atoms with Crippen LogP contribution in [0, 0.1) is 5.92 Å². The number of carbonyl (C=O) groups is 1. The number of hydrogen-bond acceptors (Lipinski definition) is 2. The summed E-state index contributed by atoms with van der Waals surface area (Å²) in [4.78, 5) is 11.0. The summed E-state index contributed by atoms with van der Waals surface area (Å²) in [7, 11) is 0. The first-order valence-electron chi connectivity index (χ1n) is 4.26. The van der Waals surface area contributed by atoms with Crippen molar-refractivity contribution >= 4 is 17.6 Å². The first-order valence-corrected chi connectivity index (χ1v) is 4.70. The zero-order chi connectivity index (χ0) is 9.84. The second-order valence-electron chi connectivity index (χ2n) is 3.27. The quantitative estimate of drug-likeness (QED) is 0.515. The van der Waals surface area contributed by atoms with Crippen molar-refractivity contribution < 1.29 is 9.53 Å². The molecule has 2 nitrogen and oxygen atoms in total. The Balaban J connectivity index is 2.44. The number of rotatable bonds is 4. The third-order valence-corrected chi connectivity index (χ3v) is 2.52. The molecule has 0 unspecified atom stereocenters. The van der Waals surface area contributed by atoms with Crippen molar-refractivity contribution in [2.24, 2.45) is 5.92 Å². The van der Waals surface area contributed by atoms with Gasteiger partial charge in [-0.2, -0.15) is 0 Å². The van der Waals surface area contributed by atoms with Crippen LogP contribution in [0.4, 0.5) is 0 Å². The van der Waals surface area contributed by atoms with E-state index in [0.717, 1.165) is 12.0 Å². The van der Waals surface area contributed by atoms with E-state index in [1.54, 1.807) is 6.08 Å². The Morgan fingerprint density at radius 1 is 1.77 bits per heavy atom. The minimum atomic E-state index is -0.118. The number of cyclic esters (lactones) is 1. The van der Waals surface area contributed by atoms with E-state index in [0.29, 0.717) is 6.42 Å². The van der Waals surface area contributed by atoms with Gasteiger partial charge in [-0.1, -0.05) is 23.3 Å². The van der Waals surface area contributed by atoms with Gasteiger partial charge in [0, 0.05) is 12.0 Å². The lowest BCUT2D eigenvalue weighted by Gasteiger charge is -2.34. The first-order chi connectivity index (χ1) is 6.19. The molecule has 0 aromatic rings. The fraction of sp³-hybridized carbons (Fsp3) is 0.500. The maximum absolute atomic E-state index is 11.0. The van der Waals surface area contributed by atoms with E-state index in [-0.39, 0.29) is 18.0 Å². The van der Waals surface area contributed by atoms with Crippen molar-refractivity contribution in [2.45, 2.75) is 25.9 Å². The van der Waals surface area contributed by atoms with Gasteiger partial charge in [-0.05, 0) is 13.3 Å². The Morgan fingerprint density at radius 3 is 2.92 bits per heavy atom. The lowest BCUT2D eigenvalue weighted by molar-refractivity contribution is -0.183. The zero-order valence-corrected chi connectivity index (χ0v) is 8.38. The third kappa shape index (κ3) is 2.34. The summed E-state index contributed by atoms with van der Waals surface area (Å²) in [5.41, 5.74) is 2.56. The SMILES string of the molecule is C=CC[C@@H]1C(=O)O[C@H]1CC(C)=CCl. The van der Waals surface area contributed by atoms with Crippen molar-refractivity contribution in [1.82, 2.24) is 0 Å². The van der Waals surface area contributed by atoms with Gasteiger partial charge in [-0.25, -0.2) is 0 Å². The largest absolute Gasteiger partial charge is 0.461 e. The predicted molar refractivity (Wildman–Crippen MR) is 52.4 cm³/mol. The van der Waals surface area contributed by atoms with Crippen molar-refractivity contribution in [3.8, 4) is 0 Å². The van der Waals surface area contributed by atoms with Gasteiger partial charge in [-0.15, -0.1) is 6.58 Å². The fourth-order valence-corrected chi connectivity index (χ4v) is 1.46. The molecule has 0 aliphatic carbocycles. The molecule has 0 radical (unpaired) electrons. The summed E-state index contributed by atoms with van der Waals surface area (Å²) in [6, 6.07) is 0. The topological polar surface area (TPSA) is 26.3 Å². The lowest BCUT2D eigenvalue weighted by Crippen LogP contribution is -2.44. The van der Waals surface area contributed by atoms with Gasteiger partial charge in [0.15, 0.2) is 0 Å². The Bertz CT molecular complexity index is 245. The minimum Gasteiger partial charge on any atom is -0.461 e. The molecule has 2 atom stereocenters. The van der Waals surface area contributed by atoms with Crippen LogP contribution in [0.3, 0.4) is 0 Å². The molecule has 1 fully saturated rings. The zero-order valence-electron chi connectivity index (χ0n) is 7.63. The van der Waals surface area contributed by atoms with Gasteiger partial charge in [0.25, 0.3) is 0 Å². The third-order valence-electron chi connectivity index (χ3n) is 2.15. The van der Waals surface area contributed by atoms with Crippen molar-refractivity contribution in [3.05, 3.63) is 23.8 Å². The molecule has 1 aliphatic rings. The molecule has 0 bridgehead atoms. The highest BCUT2D eigenvalue weighted by atomic mass is 35.5. The molecule has 3 heteroatoms. The number of allylic oxidation sites excluding steroid dienone is 1. The highest BCUT2D eigenvalue weighted by molar-refractivity contribution is 6.25. The van der Waals surface area contributed by atoms with Crippen LogP contribution in [0.15, 0.2) is 23.8 Å². The average molecular weight is 201 g/mol. The molecule has 1 heterocycles. The van der Waals surface area contributed by atoms with Gasteiger partial charge in [0.05, 0.1) is 5.92 Å². The number of carbonyl (C=O) groups excluding carboxylic acids is 1. The molecule has 1 rings (SSSR count). The predicted octanol–water partition coefficient (Wildman–Crippen LogP) is 2.64. The van der Waals surface area contributed by atoms with Crippen LogP contribution in [0.1, 0.15) is 19.8 Å². The van der Waals surface area contributed by atoms with E-state index in [2.05, 4.69) is 6.58 Å². The van der Waals surface area contributed by atoms with Crippen LogP contribution in [-0.2, 0) is 9.53 Å². The van der Waals surface area contributed by atoms with E-state index in [4.69, 9.17) is 16.3 Å². The van der Waals surface area contributed by atoms with Gasteiger partial charge in [0.1, 0.15) is 6.10 Å².